The smallest absolute Gasteiger partial charge is 0.410 e. The lowest BCUT2D eigenvalue weighted by Crippen LogP contribution is -2.42. The van der Waals surface area contributed by atoms with Crippen molar-refractivity contribution in [2.24, 2.45) is 0 Å². The van der Waals surface area contributed by atoms with Crippen LogP contribution in [0, 0.1) is 41.5 Å². The van der Waals surface area contributed by atoms with Gasteiger partial charge in [0.05, 0.1) is 31.3 Å². The van der Waals surface area contributed by atoms with Crippen molar-refractivity contribution in [2.45, 2.75) is 178 Å². The van der Waals surface area contributed by atoms with E-state index >= 15 is 0 Å². The van der Waals surface area contributed by atoms with Crippen molar-refractivity contribution >= 4 is 53.1 Å². The van der Waals surface area contributed by atoms with Crippen molar-refractivity contribution in [3.05, 3.63) is 125 Å². The molecule has 6 N–H and O–H groups in total. The minimum atomic E-state index is -0.698. The Morgan fingerprint density at radius 2 is 1.04 bits per heavy atom. The molecule has 1 saturated heterocycles. The molecule has 3 heterocycles. The van der Waals surface area contributed by atoms with Gasteiger partial charge in [0, 0.05) is 73.7 Å². The number of anilines is 3. The maximum absolute atomic E-state index is 12.2. The summed E-state index contributed by atoms with van der Waals surface area (Å²) >= 11 is 0. The summed E-state index contributed by atoms with van der Waals surface area (Å²) in [5.41, 5.74) is 7.08. The number of imidazole rings is 2. The molecule has 1 fully saturated rings. The molecule has 3 aromatic carbocycles. The highest BCUT2D eigenvalue weighted by Crippen LogP contribution is 2.26. The van der Waals surface area contributed by atoms with Gasteiger partial charge in [-0.1, -0.05) is 48.4 Å². The Balaban J connectivity index is 0.000000284. The first-order valence-corrected chi connectivity index (χ1v) is 26.4. The molecule has 3 atom stereocenters. The van der Waals surface area contributed by atoms with Gasteiger partial charge in [0.25, 0.3) is 0 Å². The molecule has 0 spiro atoms. The highest BCUT2D eigenvalue weighted by Gasteiger charge is 2.42. The predicted molar refractivity (Wildman–Crippen MR) is 308 cm³/mol. The maximum atomic E-state index is 12.2. The van der Waals surface area contributed by atoms with Crippen LogP contribution < -0.4 is 26.6 Å². The lowest BCUT2D eigenvalue weighted by molar-refractivity contribution is -0.117. The fourth-order valence-electron chi connectivity index (χ4n) is 7.47. The fourth-order valence-corrected chi connectivity index (χ4v) is 7.47. The molecule has 1 aliphatic heterocycles. The van der Waals surface area contributed by atoms with Crippen molar-refractivity contribution in [1.82, 2.24) is 34.6 Å². The second-order valence-corrected chi connectivity index (χ2v) is 22.6. The molecule has 6 rings (SSSR count). The van der Waals surface area contributed by atoms with E-state index in [1.807, 2.05) is 145 Å². The van der Waals surface area contributed by atoms with Gasteiger partial charge in [0.15, 0.2) is 0 Å². The molecular formula is C59H86N10O10. The number of aliphatic hydroxyl groups excluding tert-OH is 1. The van der Waals surface area contributed by atoms with Crippen LogP contribution >= 0.6 is 0 Å². The van der Waals surface area contributed by atoms with Gasteiger partial charge in [0.1, 0.15) is 23.5 Å². The van der Waals surface area contributed by atoms with Crippen molar-refractivity contribution < 1.29 is 48.1 Å². The number of nitrogens with one attached hydrogen (secondary N) is 5. The van der Waals surface area contributed by atoms with Gasteiger partial charge in [-0.25, -0.2) is 24.4 Å². The van der Waals surface area contributed by atoms with E-state index in [1.54, 1.807) is 71.5 Å². The molecule has 3 unspecified atom stereocenters. The van der Waals surface area contributed by atoms with E-state index < -0.39 is 35.0 Å². The summed E-state index contributed by atoms with van der Waals surface area (Å²) in [6, 6.07) is 16.5. The molecular weight excluding hydrogens is 1010 g/mol. The van der Waals surface area contributed by atoms with Gasteiger partial charge in [0.2, 0.25) is 17.7 Å². The second-order valence-electron chi connectivity index (χ2n) is 22.6. The summed E-state index contributed by atoms with van der Waals surface area (Å²) in [6.07, 6.45) is 10.5. The number of rotatable bonds is 15. The predicted octanol–water partition coefficient (Wildman–Crippen LogP) is 10.3. The topological polar surface area (TPSA) is 249 Å². The van der Waals surface area contributed by atoms with Crippen molar-refractivity contribution in [1.29, 1.82) is 0 Å². The van der Waals surface area contributed by atoms with E-state index in [0.29, 0.717) is 25.1 Å². The Kier molecular flexibility index (Phi) is 25.2. The summed E-state index contributed by atoms with van der Waals surface area (Å²) in [5.74, 6) is -0.493. The van der Waals surface area contributed by atoms with Gasteiger partial charge in [-0.05, 0) is 157 Å². The highest BCUT2D eigenvalue weighted by molar-refractivity contribution is 5.93. The van der Waals surface area contributed by atoms with Gasteiger partial charge in [-0.15, -0.1) is 0 Å². The lowest BCUT2D eigenvalue weighted by Gasteiger charge is -2.23. The van der Waals surface area contributed by atoms with Gasteiger partial charge >= 0.3 is 18.3 Å². The number of carbonyl (C=O) groups excluding carboxylic acids is 6. The number of ether oxygens (including phenoxy) is 3. The minimum Gasteiger partial charge on any atom is -0.444 e. The molecule has 79 heavy (non-hydrogen) atoms. The average molecular weight is 1100 g/mol. The van der Waals surface area contributed by atoms with Gasteiger partial charge < -0.3 is 59.9 Å². The largest absolute Gasteiger partial charge is 0.444 e. The number of hydrogen-bond acceptors (Lipinski definition) is 12. The molecule has 20 nitrogen and oxygen atoms in total. The lowest BCUT2D eigenvalue weighted by atomic mass is 10.1. The SMILES string of the molecule is CCC(CC(=O)Nc1ccc(C)cc1C)NC(=O)OC(C)(C)C.Cc1cc(C)cc(NC(=O)CC(CO)NC(=O)OC(C)(C)C)c1.Cc1ccc(NC(=O)CC2CN2C(=O)OC(C)(C)C)c(C)c1.c1cn(Cn2ccnc2)cn1. The number of carbonyl (C=O) groups is 6. The summed E-state index contributed by atoms with van der Waals surface area (Å²) in [6.45, 7) is 30.9. The van der Waals surface area contributed by atoms with Crippen LogP contribution in [0.2, 0.25) is 0 Å². The number of aliphatic hydroxyl groups is 1. The van der Waals surface area contributed by atoms with E-state index in [0.717, 1.165) is 51.4 Å². The van der Waals surface area contributed by atoms with E-state index in [2.05, 4.69) is 36.6 Å². The zero-order valence-electron chi connectivity index (χ0n) is 49.2. The average Bonchev–Trinajstić information content (AvgIpc) is 3.61. The van der Waals surface area contributed by atoms with E-state index in [-0.39, 0.29) is 55.3 Å². The summed E-state index contributed by atoms with van der Waals surface area (Å²) in [4.78, 5) is 81.1. The molecule has 0 bridgehead atoms. The molecule has 20 heteroatoms. The summed E-state index contributed by atoms with van der Waals surface area (Å²) in [5, 5.41) is 23.1. The van der Waals surface area contributed by atoms with Crippen LogP contribution in [-0.4, -0.2) is 113 Å². The number of aryl methyl sites for hydroxylation is 6. The van der Waals surface area contributed by atoms with Crippen LogP contribution in [-0.2, 0) is 35.3 Å². The third-order valence-electron chi connectivity index (χ3n) is 11.0. The monoisotopic (exact) mass is 1090 g/mol. The second kappa shape index (κ2) is 30.4. The van der Waals surface area contributed by atoms with Crippen LogP contribution in [0.1, 0.15) is 128 Å². The minimum absolute atomic E-state index is 0.0390. The first-order valence-electron chi connectivity index (χ1n) is 26.4. The fraction of sp³-hybridized carbons (Fsp3) is 0.492. The Bertz CT molecular complexity index is 2710. The quantitative estimate of drug-likeness (QED) is 0.0423. The third kappa shape index (κ3) is 27.4. The zero-order chi connectivity index (χ0) is 59.3. The summed E-state index contributed by atoms with van der Waals surface area (Å²) < 4.78 is 19.6. The van der Waals surface area contributed by atoms with Crippen LogP contribution in [0.4, 0.5) is 31.4 Å². The van der Waals surface area contributed by atoms with Crippen molar-refractivity contribution in [3.63, 3.8) is 0 Å². The number of nitrogens with zero attached hydrogens (tertiary/aromatic N) is 5. The molecule has 2 aromatic heterocycles. The number of benzene rings is 3. The number of aromatic nitrogens is 4. The standard InChI is InChI=1S/C18H28N2O3.C17H26N2O4.C17H24N2O3.C7H8N4/c1-7-14(19-17(22)23-18(4,5)6)11-16(21)20-15-9-8-12(2)10-13(15)3;1-11-6-12(2)8-13(7-11)18-15(21)9-14(10-20)19-16(22)23-17(3,4)5;1-11-6-7-14(12(2)8-11)18-15(20)9-13-10-19(13)16(21)22-17(3,4)5;1-3-10(5-8-1)7-11-4-2-9-6-11/h8-10,14H,7,11H2,1-6H3,(H,19,22)(H,20,21);6-8,14,20H,9-10H2,1-5H3,(H,18,21)(H,19,22);6-8,13H,9-10H2,1-5H3,(H,18,20);1-6H,7H2. The third-order valence-corrected chi connectivity index (χ3v) is 11.0. The van der Waals surface area contributed by atoms with E-state index in [1.165, 1.54) is 0 Å². The first kappa shape index (κ1) is 65.5. The molecule has 0 aliphatic carbocycles. The van der Waals surface area contributed by atoms with Crippen LogP contribution in [0.3, 0.4) is 0 Å². The van der Waals surface area contributed by atoms with Crippen molar-refractivity contribution in [3.8, 4) is 0 Å². The van der Waals surface area contributed by atoms with E-state index in [9.17, 15) is 33.9 Å². The van der Waals surface area contributed by atoms with Crippen LogP contribution in [0.5, 0.6) is 0 Å². The zero-order valence-corrected chi connectivity index (χ0v) is 49.2. The highest BCUT2D eigenvalue weighted by atomic mass is 16.6. The van der Waals surface area contributed by atoms with Crippen molar-refractivity contribution in [2.75, 3.05) is 29.1 Å². The van der Waals surface area contributed by atoms with Gasteiger partial charge in [-0.3, -0.25) is 14.4 Å². The molecule has 5 aromatic rings. The molecule has 0 saturated carbocycles. The van der Waals surface area contributed by atoms with E-state index in [4.69, 9.17) is 14.2 Å². The number of hydrogen-bond donors (Lipinski definition) is 6. The Morgan fingerprint density at radius 1 is 0.595 bits per heavy atom. The molecule has 432 valence electrons. The molecule has 1 aliphatic rings. The van der Waals surface area contributed by atoms with Crippen LogP contribution in [0.25, 0.3) is 0 Å². The van der Waals surface area contributed by atoms with Gasteiger partial charge in [-0.2, -0.15) is 0 Å². The number of amides is 6. The Morgan fingerprint density at radius 3 is 1.46 bits per heavy atom. The maximum Gasteiger partial charge on any atom is 0.410 e. The van der Waals surface area contributed by atoms with Crippen LogP contribution in [0.15, 0.2) is 92.0 Å². The summed E-state index contributed by atoms with van der Waals surface area (Å²) in [7, 11) is 0. The first-order chi connectivity index (χ1) is 36.8. The molecule has 0 radical (unpaired) electrons. The normalized spacial score (nSPS) is 13.4. The number of alkyl carbamates (subject to hydrolysis) is 2. The molecule has 6 amide bonds. The Labute approximate surface area is 466 Å². The Hall–Kier alpha value is -7.74.